The third-order valence-electron chi connectivity index (χ3n) is 5.29. The minimum atomic E-state index is -0.479. The van der Waals surface area contributed by atoms with Crippen molar-refractivity contribution in [2.45, 2.75) is 6.54 Å². The first-order chi connectivity index (χ1) is 15.1. The van der Waals surface area contributed by atoms with Crippen LogP contribution in [0.1, 0.15) is 26.3 Å². The third-order valence-corrected chi connectivity index (χ3v) is 5.29. The molecular weight excluding hydrogens is 392 g/mol. The van der Waals surface area contributed by atoms with Crippen LogP contribution in [0.5, 0.6) is 11.5 Å². The van der Waals surface area contributed by atoms with Gasteiger partial charge in [0.05, 0.1) is 0 Å². The van der Waals surface area contributed by atoms with E-state index in [9.17, 15) is 9.59 Å². The number of benzene rings is 2. The van der Waals surface area contributed by atoms with Crippen molar-refractivity contribution in [3.05, 3.63) is 89.7 Å². The molecule has 3 aromatic rings. The van der Waals surface area contributed by atoms with E-state index in [1.165, 1.54) is 5.56 Å². The number of nitrogens with two attached hydrogens (primary N) is 1. The lowest BCUT2D eigenvalue weighted by atomic mass is 10.1. The Bertz CT molecular complexity index is 1030. The highest BCUT2D eigenvalue weighted by molar-refractivity contribution is 5.94. The Morgan fingerprint density at radius 3 is 1.90 bits per heavy atom. The van der Waals surface area contributed by atoms with E-state index >= 15 is 0 Å². The molecule has 0 spiro atoms. The predicted octanol–water partition coefficient (Wildman–Crippen LogP) is 2.93. The molecule has 158 valence electrons. The van der Waals surface area contributed by atoms with Crippen molar-refractivity contribution in [1.29, 1.82) is 0 Å². The summed E-state index contributed by atoms with van der Waals surface area (Å²) in [6, 6.07) is 17.7. The normalized spacial score (nSPS) is 14.3. The number of piperazine rings is 1. The van der Waals surface area contributed by atoms with Crippen LogP contribution >= 0.6 is 0 Å². The molecule has 0 bridgehead atoms. The van der Waals surface area contributed by atoms with Gasteiger partial charge in [0.15, 0.2) is 0 Å². The molecule has 1 fully saturated rings. The Labute approximate surface area is 181 Å². The van der Waals surface area contributed by atoms with Gasteiger partial charge in [0.25, 0.3) is 5.91 Å². The van der Waals surface area contributed by atoms with E-state index in [0.29, 0.717) is 35.7 Å². The molecule has 0 unspecified atom stereocenters. The van der Waals surface area contributed by atoms with Crippen molar-refractivity contribution in [1.82, 2.24) is 14.8 Å². The molecular formula is C24H24N4O3. The quantitative estimate of drug-likeness (QED) is 0.667. The number of carbonyl (C=O) groups is 2. The molecule has 4 rings (SSSR count). The van der Waals surface area contributed by atoms with Gasteiger partial charge < -0.3 is 15.4 Å². The second kappa shape index (κ2) is 9.40. The third kappa shape index (κ3) is 5.26. The van der Waals surface area contributed by atoms with Crippen LogP contribution in [0.25, 0.3) is 0 Å². The molecule has 31 heavy (non-hydrogen) atoms. The van der Waals surface area contributed by atoms with E-state index in [1.807, 2.05) is 17.0 Å². The van der Waals surface area contributed by atoms with Crippen LogP contribution in [0.15, 0.2) is 73.1 Å². The molecule has 1 saturated heterocycles. The summed E-state index contributed by atoms with van der Waals surface area (Å²) in [6.07, 6.45) is 3.61. The number of ether oxygens (including phenoxy) is 1. The summed E-state index contributed by atoms with van der Waals surface area (Å²) >= 11 is 0. The van der Waals surface area contributed by atoms with E-state index in [4.69, 9.17) is 10.5 Å². The Morgan fingerprint density at radius 1 is 0.806 bits per heavy atom. The summed E-state index contributed by atoms with van der Waals surface area (Å²) in [6.45, 7) is 3.97. The van der Waals surface area contributed by atoms with Gasteiger partial charge in [-0.15, -0.1) is 0 Å². The fraction of sp³-hybridized carbons (Fsp3) is 0.208. The standard InChI is InChI=1S/C24H24N4O3/c25-23(29)19-1-5-21(6-2-19)31-22-7-3-20(4-8-22)24(30)28-15-13-27(14-16-28)17-18-9-11-26-12-10-18/h1-12H,13-17H2,(H2,25,29). The Hall–Kier alpha value is -3.71. The van der Waals surface area contributed by atoms with Crippen LogP contribution < -0.4 is 10.5 Å². The molecule has 1 aromatic heterocycles. The van der Waals surface area contributed by atoms with Crippen LogP contribution in [0.2, 0.25) is 0 Å². The lowest BCUT2D eigenvalue weighted by Gasteiger charge is -2.34. The summed E-state index contributed by atoms with van der Waals surface area (Å²) in [5.41, 5.74) is 7.54. The molecule has 0 atom stereocenters. The monoisotopic (exact) mass is 416 g/mol. The first kappa shape index (κ1) is 20.6. The maximum absolute atomic E-state index is 12.9. The van der Waals surface area contributed by atoms with E-state index in [-0.39, 0.29) is 5.91 Å². The zero-order chi connectivity index (χ0) is 21.6. The maximum Gasteiger partial charge on any atom is 0.253 e. The molecule has 2 aromatic carbocycles. The summed E-state index contributed by atoms with van der Waals surface area (Å²) in [4.78, 5) is 32.3. The summed E-state index contributed by atoms with van der Waals surface area (Å²) in [5.74, 6) is 0.758. The molecule has 7 nitrogen and oxygen atoms in total. The van der Waals surface area contributed by atoms with Crippen molar-refractivity contribution in [3.8, 4) is 11.5 Å². The van der Waals surface area contributed by atoms with Crippen LogP contribution in [0.4, 0.5) is 0 Å². The number of aromatic nitrogens is 1. The highest BCUT2D eigenvalue weighted by Crippen LogP contribution is 2.23. The smallest absolute Gasteiger partial charge is 0.253 e. The van der Waals surface area contributed by atoms with E-state index < -0.39 is 5.91 Å². The molecule has 0 radical (unpaired) electrons. The number of carbonyl (C=O) groups excluding carboxylic acids is 2. The molecule has 2 heterocycles. The minimum absolute atomic E-state index is 0.0286. The van der Waals surface area contributed by atoms with Crippen LogP contribution in [0.3, 0.4) is 0 Å². The summed E-state index contributed by atoms with van der Waals surface area (Å²) in [7, 11) is 0. The zero-order valence-corrected chi connectivity index (χ0v) is 17.1. The van der Waals surface area contributed by atoms with Gasteiger partial charge in [0, 0.05) is 56.2 Å². The first-order valence-electron chi connectivity index (χ1n) is 10.2. The largest absolute Gasteiger partial charge is 0.457 e. The van der Waals surface area contributed by atoms with Crippen molar-refractivity contribution in [3.63, 3.8) is 0 Å². The van der Waals surface area contributed by atoms with Crippen LogP contribution in [0, 0.1) is 0 Å². The number of rotatable bonds is 6. The fourth-order valence-electron chi connectivity index (χ4n) is 3.53. The topological polar surface area (TPSA) is 88.8 Å². The highest BCUT2D eigenvalue weighted by atomic mass is 16.5. The van der Waals surface area contributed by atoms with Gasteiger partial charge in [-0.1, -0.05) is 0 Å². The van der Waals surface area contributed by atoms with Gasteiger partial charge in [-0.3, -0.25) is 19.5 Å². The summed E-state index contributed by atoms with van der Waals surface area (Å²) in [5, 5.41) is 0. The van der Waals surface area contributed by atoms with Gasteiger partial charge in [-0.25, -0.2) is 0 Å². The maximum atomic E-state index is 12.9. The van der Waals surface area contributed by atoms with Gasteiger partial charge in [0.2, 0.25) is 5.91 Å². The number of primary amides is 1. The average Bonchev–Trinajstić information content (AvgIpc) is 2.81. The molecule has 7 heteroatoms. The SMILES string of the molecule is NC(=O)c1ccc(Oc2ccc(C(=O)N3CCN(Cc4ccncc4)CC3)cc2)cc1. The molecule has 1 aliphatic heterocycles. The Morgan fingerprint density at radius 2 is 1.35 bits per heavy atom. The lowest BCUT2D eigenvalue weighted by molar-refractivity contribution is 0.0628. The van der Waals surface area contributed by atoms with Crippen LogP contribution in [-0.4, -0.2) is 52.8 Å². The second-order valence-electron chi connectivity index (χ2n) is 7.44. The highest BCUT2D eigenvalue weighted by Gasteiger charge is 2.22. The summed E-state index contributed by atoms with van der Waals surface area (Å²) < 4.78 is 5.78. The number of pyridine rings is 1. The zero-order valence-electron chi connectivity index (χ0n) is 17.1. The molecule has 1 aliphatic rings. The fourth-order valence-corrected chi connectivity index (χ4v) is 3.53. The van der Waals surface area contributed by atoms with E-state index in [1.54, 1.807) is 60.9 Å². The van der Waals surface area contributed by atoms with Crippen molar-refractivity contribution >= 4 is 11.8 Å². The number of hydrogen-bond acceptors (Lipinski definition) is 5. The Balaban J connectivity index is 1.30. The van der Waals surface area contributed by atoms with E-state index in [2.05, 4.69) is 9.88 Å². The van der Waals surface area contributed by atoms with E-state index in [0.717, 1.165) is 19.6 Å². The van der Waals surface area contributed by atoms with Gasteiger partial charge in [-0.05, 0) is 66.2 Å². The van der Waals surface area contributed by atoms with Gasteiger partial charge in [-0.2, -0.15) is 0 Å². The molecule has 2 amide bonds. The average molecular weight is 416 g/mol. The van der Waals surface area contributed by atoms with Gasteiger partial charge in [0.1, 0.15) is 11.5 Å². The lowest BCUT2D eigenvalue weighted by Crippen LogP contribution is -2.48. The number of hydrogen-bond donors (Lipinski definition) is 1. The Kier molecular flexibility index (Phi) is 6.24. The molecule has 0 saturated carbocycles. The van der Waals surface area contributed by atoms with Crippen molar-refractivity contribution in [2.75, 3.05) is 26.2 Å². The first-order valence-corrected chi connectivity index (χ1v) is 10.2. The second-order valence-corrected chi connectivity index (χ2v) is 7.44. The number of amides is 2. The molecule has 0 aliphatic carbocycles. The van der Waals surface area contributed by atoms with Crippen molar-refractivity contribution in [2.24, 2.45) is 5.73 Å². The van der Waals surface area contributed by atoms with Crippen LogP contribution in [-0.2, 0) is 6.54 Å². The predicted molar refractivity (Wildman–Crippen MR) is 117 cm³/mol. The number of nitrogens with zero attached hydrogens (tertiary/aromatic N) is 3. The van der Waals surface area contributed by atoms with Gasteiger partial charge >= 0.3 is 0 Å². The minimum Gasteiger partial charge on any atom is -0.457 e. The molecule has 2 N–H and O–H groups in total. The van der Waals surface area contributed by atoms with Crippen molar-refractivity contribution < 1.29 is 14.3 Å².